The van der Waals surface area contributed by atoms with Crippen LogP contribution in [0, 0.1) is 0 Å². The third kappa shape index (κ3) is 4.83. The quantitative estimate of drug-likeness (QED) is 0.280. The molecule has 1 aliphatic heterocycles. The zero-order valence-electron chi connectivity index (χ0n) is 18.6. The monoisotopic (exact) mass is 501 g/mol. The average Bonchev–Trinajstić information content (AvgIpc) is 3.05. The lowest BCUT2D eigenvalue weighted by atomic mass is 9.95. The molecule has 0 spiro atoms. The Bertz CT molecular complexity index is 1030. The fraction of sp³-hybridized carbons (Fsp3) is 0.360. The van der Waals surface area contributed by atoms with Gasteiger partial charge in [0.05, 0.1) is 29.8 Å². The van der Waals surface area contributed by atoms with Gasteiger partial charge in [-0.2, -0.15) is 0 Å². The van der Waals surface area contributed by atoms with Gasteiger partial charge in [-0.3, -0.25) is 9.59 Å². The van der Waals surface area contributed by atoms with E-state index in [9.17, 15) is 14.7 Å². The Morgan fingerprint density at radius 2 is 1.91 bits per heavy atom. The van der Waals surface area contributed by atoms with Crippen molar-refractivity contribution in [1.29, 1.82) is 0 Å². The van der Waals surface area contributed by atoms with Crippen LogP contribution in [0.3, 0.4) is 0 Å². The molecule has 1 atom stereocenters. The van der Waals surface area contributed by atoms with Gasteiger partial charge in [0.25, 0.3) is 11.7 Å². The number of halogens is 1. The summed E-state index contributed by atoms with van der Waals surface area (Å²) in [5.74, 6) is -0.233. The number of aliphatic hydroxyl groups is 1. The molecule has 1 saturated heterocycles. The third-order valence-electron chi connectivity index (χ3n) is 5.36. The van der Waals surface area contributed by atoms with Crippen molar-refractivity contribution >= 4 is 33.4 Å². The average molecular weight is 502 g/mol. The summed E-state index contributed by atoms with van der Waals surface area (Å²) in [6, 6.07) is 11.7. The molecule has 1 amide bonds. The van der Waals surface area contributed by atoms with E-state index in [1.54, 1.807) is 30.2 Å². The molecule has 3 rings (SSSR count). The summed E-state index contributed by atoms with van der Waals surface area (Å²) in [6.07, 6.45) is 2.50. The van der Waals surface area contributed by atoms with E-state index >= 15 is 0 Å². The van der Waals surface area contributed by atoms with Crippen LogP contribution < -0.4 is 9.47 Å². The minimum atomic E-state index is -0.687. The van der Waals surface area contributed by atoms with E-state index < -0.39 is 17.7 Å². The molecule has 1 heterocycles. The Balaban J connectivity index is 2.13. The predicted molar refractivity (Wildman–Crippen MR) is 127 cm³/mol. The maximum absolute atomic E-state index is 13.1. The number of aliphatic hydroxyl groups excluding tert-OH is 1. The number of rotatable bonds is 9. The summed E-state index contributed by atoms with van der Waals surface area (Å²) < 4.78 is 11.6. The summed E-state index contributed by atoms with van der Waals surface area (Å²) in [5.41, 5.74) is 1.23. The smallest absolute Gasteiger partial charge is 0.295 e. The molecule has 6 nitrogen and oxygen atoms in total. The number of methoxy groups -OCH3 is 1. The first kappa shape index (κ1) is 23.9. The molecule has 0 saturated carbocycles. The van der Waals surface area contributed by atoms with Crippen LogP contribution in [0.5, 0.6) is 11.5 Å². The van der Waals surface area contributed by atoms with Crippen molar-refractivity contribution in [2.24, 2.45) is 0 Å². The number of Topliss-reactive ketones (excluding diaryl/α,β-unsaturated/α-hetero) is 1. The maximum Gasteiger partial charge on any atom is 0.295 e. The highest BCUT2D eigenvalue weighted by Gasteiger charge is 2.45. The number of unbranched alkanes of at least 4 members (excludes halogenated alkanes) is 1. The van der Waals surface area contributed by atoms with E-state index in [1.165, 1.54) is 0 Å². The highest BCUT2D eigenvalue weighted by Crippen LogP contribution is 2.41. The Kier molecular flexibility index (Phi) is 7.96. The van der Waals surface area contributed by atoms with Gasteiger partial charge in [-0.25, -0.2) is 0 Å². The molecule has 7 heteroatoms. The number of hydrogen-bond donors (Lipinski definition) is 1. The van der Waals surface area contributed by atoms with Crippen LogP contribution in [-0.4, -0.2) is 42.0 Å². The lowest BCUT2D eigenvalue weighted by Gasteiger charge is -2.25. The van der Waals surface area contributed by atoms with Gasteiger partial charge in [-0.15, -0.1) is 0 Å². The Hall–Kier alpha value is -2.80. The highest BCUT2D eigenvalue weighted by molar-refractivity contribution is 9.10. The summed E-state index contributed by atoms with van der Waals surface area (Å²) in [6.45, 7) is 5.05. The van der Waals surface area contributed by atoms with Gasteiger partial charge in [-0.1, -0.05) is 32.4 Å². The van der Waals surface area contributed by atoms with Crippen molar-refractivity contribution < 1.29 is 24.2 Å². The van der Waals surface area contributed by atoms with E-state index in [4.69, 9.17) is 9.47 Å². The number of benzene rings is 2. The molecule has 0 aliphatic carbocycles. The Labute approximate surface area is 197 Å². The van der Waals surface area contributed by atoms with Gasteiger partial charge >= 0.3 is 0 Å². The number of amides is 1. The molecular weight excluding hydrogens is 474 g/mol. The summed E-state index contributed by atoms with van der Waals surface area (Å²) in [4.78, 5) is 27.6. The highest BCUT2D eigenvalue weighted by atomic mass is 79.9. The lowest BCUT2D eigenvalue weighted by molar-refractivity contribution is -0.139. The lowest BCUT2D eigenvalue weighted by Crippen LogP contribution is -2.30. The molecule has 1 N–H and O–H groups in total. The zero-order chi connectivity index (χ0) is 23.3. The van der Waals surface area contributed by atoms with Crippen LogP contribution in [-0.2, 0) is 9.59 Å². The standard InChI is InChI=1S/C25H28BrNO5/c1-4-6-12-27-22(16-8-7-9-18(14-16)32-13-5-2)21(24(29)25(27)30)23(28)17-10-11-20(31-3)19(26)15-17/h7-11,14-15,22,28H,4-6,12-13H2,1-3H3/b23-21+. The minimum Gasteiger partial charge on any atom is -0.507 e. The van der Waals surface area contributed by atoms with E-state index in [2.05, 4.69) is 15.9 Å². The van der Waals surface area contributed by atoms with Gasteiger partial charge in [0.15, 0.2) is 0 Å². The molecule has 1 unspecified atom stereocenters. The maximum atomic E-state index is 13.1. The third-order valence-corrected chi connectivity index (χ3v) is 5.98. The first-order valence-electron chi connectivity index (χ1n) is 10.8. The largest absolute Gasteiger partial charge is 0.507 e. The fourth-order valence-corrected chi connectivity index (χ4v) is 4.29. The number of nitrogens with zero attached hydrogens (tertiary/aromatic N) is 1. The second kappa shape index (κ2) is 10.7. The number of likely N-dealkylation sites (tertiary alicyclic amines) is 1. The molecule has 32 heavy (non-hydrogen) atoms. The van der Waals surface area contributed by atoms with Gasteiger partial charge in [-0.05, 0) is 64.7 Å². The molecule has 1 fully saturated rings. The van der Waals surface area contributed by atoms with Crippen LogP contribution in [0.2, 0.25) is 0 Å². The molecular formula is C25H28BrNO5. The van der Waals surface area contributed by atoms with Crippen LogP contribution in [0.1, 0.15) is 50.3 Å². The predicted octanol–water partition coefficient (Wildman–Crippen LogP) is 5.47. The fourth-order valence-electron chi connectivity index (χ4n) is 3.75. The van der Waals surface area contributed by atoms with E-state index in [0.717, 1.165) is 24.8 Å². The minimum absolute atomic E-state index is 0.0795. The molecule has 2 aromatic rings. The number of ketones is 1. The van der Waals surface area contributed by atoms with E-state index in [0.29, 0.717) is 34.7 Å². The number of ether oxygens (including phenoxy) is 2. The SMILES string of the molecule is CCCCN1C(=O)C(=O)/C(=C(/O)c2ccc(OC)c(Br)c2)C1c1cccc(OCCC)c1. The number of carbonyl (C=O) groups excluding carboxylic acids is 2. The second-order valence-corrected chi connectivity index (χ2v) is 8.47. The van der Waals surface area contributed by atoms with Gasteiger partial charge in [0.1, 0.15) is 17.3 Å². The summed E-state index contributed by atoms with van der Waals surface area (Å²) in [7, 11) is 1.55. The molecule has 2 aromatic carbocycles. The van der Waals surface area contributed by atoms with Gasteiger partial charge in [0.2, 0.25) is 0 Å². The van der Waals surface area contributed by atoms with E-state index in [1.807, 2.05) is 38.1 Å². The molecule has 1 aliphatic rings. The molecule has 0 aromatic heterocycles. The Morgan fingerprint density at radius 1 is 1.12 bits per heavy atom. The molecule has 0 radical (unpaired) electrons. The second-order valence-electron chi connectivity index (χ2n) is 7.62. The van der Waals surface area contributed by atoms with Gasteiger partial charge in [0, 0.05) is 12.1 Å². The summed E-state index contributed by atoms with van der Waals surface area (Å²) >= 11 is 3.41. The van der Waals surface area contributed by atoms with Crippen LogP contribution in [0.4, 0.5) is 0 Å². The van der Waals surface area contributed by atoms with Crippen molar-refractivity contribution in [3.8, 4) is 11.5 Å². The Morgan fingerprint density at radius 3 is 2.56 bits per heavy atom. The van der Waals surface area contributed by atoms with Crippen molar-refractivity contribution in [3.05, 3.63) is 63.6 Å². The summed E-state index contributed by atoms with van der Waals surface area (Å²) in [5, 5.41) is 11.2. The van der Waals surface area contributed by atoms with Gasteiger partial charge < -0.3 is 19.5 Å². The van der Waals surface area contributed by atoms with Crippen molar-refractivity contribution in [2.75, 3.05) is 20.3 Å². The first-order valence-corrected chi connectivity index (χ1v) is 11.6. The topological polar surface area (TPSA) is 76.1 Å². The molecule has 0 bridgehead atoms. The molecule has 170 valence electrons. The normalized spacial score (nSPS) is 17.6. The van der Waals surface area contributed by atoms with Crippen molar-refractivity contribution in [1.82, 2.24) is 4.90 Å². The van der Waals surface area contributed by atoms with E-state index in [-0.39, 0.29) is 11.3 Å². The van der Waals surface area contributed by atoms with Crippen LogP contribution in [0.15, 0.2) is 52.5 Å². The number of carbonyl (C=O) groups is 2. The van der Waals surface area contributed by atoms with Crippen molar-refractivity contribution in [2.45, 2.75) is 39.2 Å². The van der Waals surface area contributed by atoms with Crippen LogP contribution >= 0.6 is 15.9 Å². The van der Waals surface area contributed by atoms with Crippen molar-refractivity contribution in [3.63, 3.8) is 0 Å². The van der Waals surface area contributed by atoms with Crippen LogP contribution in [0.25, 0.3) is 5.76 Å². The first-order chi connectivity index (χ1) is 15.4. The zero-order valence-corrected chi connectivity index (χ0v) is 20.1. The number of hydrogen-bond acceptors (Lipinski definition) is 5.